The van der Waals surface area contributed by atoms with E-state index in [2.05, 4.69) is 10.6 Å². The Kier molecular flexibility index (Phi) is 13.0. The van der Waals surface area contributed by atoms with Crippen LogP contribution < -0.4 is 16.4 Å². The Hall–Kier alpha value is -2.65. The summed E-state index contributed by atoms with van der Waals surface area (Å²) in [6.45, 7) is 2.53. The molecule has 2 amide bonds. The lowest BCUT2D eigenvalue weighted by atomic mass is 10.1. The molecule has 0 aliphatic rings. The van der Waals surface area contributed by atoms with Gasteiger partial charge in [-0.15, -0.1) is 0 Å². The molecule has 0 aliphatic carbocycles. The predicted molar refractivity (Wildman–Crippen MR) is 134 cm³/mol. The summed E-state index contributed by atoms with van der Waals surface area (Å²) in [4.78, 5) is 10.9. The number of benzene rings is 2. The monoisotopic (exact) mass is 473 g/mol. The predicted octanol–water partition coefficient (Wildman–Crippen LogP) is 3.60. The fourth-order valence-corrected chi connectivity index (χ4v) is 3.71. The van der Waals surface area contributed by atoms with Gasteiger partial charge in [-0.05, 0) is 67.6 Å². The molecule has 8 heteroatoms. The van der Waals surface area contributed by atoms with Crippen LogP contribution >= 0.6 is 0 Å². The number of rotatable bonds is 17. The number of hydrogen-bond acceptors (Lipinski definition) is 6. The molecule has 0 unspecified atom stereocenters. The van der Waals surface area contributed by atoms with Crippen molar-refractivity contribution in [3.8, 4) is 5.75 Å². The molecule has 0 saturated carbocycles. The quantitative estimate of drug-likeness (QED) is 0.194. The molecule has 2 rings (SSSR count). The van der Waals surface area contributed by atoms with Gasteiger partial charge >= 0.3 is 6.03 Å². The molecule has 0 bridgehead atoms. The Morgan fingerprint density at radius 3 is 2.56 bits per heavy atom. The number of urea groups is 1. The van der Waals surface area contributed by atoms with Crippen molar-refractivity contribution in [1.29, 1.82) is 0 Å². The van der Waals surface area contributed by atoms with Crippen molar-refractivity contribution in [3.05, 3.63) is 59.2 Å². The van der Waals surface area contributed by atoms with Gasteiger partial charge < -0.3 is 36.4 Å². The Bertz CT molecular complexity index is 862. The molecule has 1 atom stereocenters. The first-order valence-electron chi connectivity index (χ1n) is 12.0. The van der Waals surface area contributed by atoms with Crippen LogP contribution in [0.4, 0.5) is 10.5 Å². The summed E-state index contributed by atoms with van der Waals surface area (Å²) in [6, 6.07) is 11.9. The number of anilines is 1. The lowest BCUT2D eigenvalue weighted by Crippen LogP contribution is -2.22. The summed E-state index contributed by atoms with van der Waals surface area (Å²) in [5.41, 5.74) is 8.11. The van der Waals surface area contributed by atoms with Gasteiger partial charge in [0.1, 0.15) is 5.75 Å². The molecule has 188 valence electrons. The van der Waals surface area contributed by atoms with E-state index < -0.39 is 12.1 Å². The van der Waals surface area contributed by atoms with Gasteiger partial charge in [0.2, 0.25) is 0 Å². The molecule has 0 saturated heterocycles. The van der Waals surface area contributed by atoms with Gasteiger partial charge in [0.25, 0.3) is 0 Å². The number of carbonyl (C=O) groups excluding carboxylic acids is 1. The first kappa shape index (κ1) is 27.6. The van der Waals surface area contributed by atoms with Crippen molar-refractivity contribution < 1.29 is 24.9 Å². The number of nitrogens with one attached hydrogen (secondary N) is 2. The van der Waals surface area contributed by atoms with Gasteiger partial charge in [-0.2, -0.15) is 0 Å². The Morgan fingerprint density at radius 1 is 1.00 bits per heavy atom. The maximum absolute atomic E-state index is 10.9. The van der Waals surface area contributed by atoms with E-state index in [9.17, 15) is 20.1 Å². The van der Waals surface area contributed by atoms with Gasteiger partial charge in [-0.1, -0.05) is 37.5 Å². The second-order valence-corrected chi connectivity index (χ2v) is 8.44. The first-order chi connectivity index (χ1) is 16.5. The number of phenols is 1. The Balaban J connectivity index is 1.41. The van der Waals surface area contributed by atoms with E-state index in [0.29, 0.717) is 23.4 Å². The first-order valence-corrected chi connectivity index (χ1v) is 12.0. The van der Waals surface area contributed by atoms with Crippen LogP contribution in [-0.2, 0) is 17.8 Å². The molecule has 2 aromatic carbocycles. The molecule has 8 nitrogen and oxygen atoms in total. The van der Waals surface area contributed by atoms with Gasteiger partial charge in [0.15, 0.2) is 0 Å². The fraction of sp³-hybridized carbons (Fsp3) is 0.500. The second-order valence-electron chi connectivity index (χ2n) is 8.44. The SMILES string of the molecule is NC(=O)Nc1cccc(CCCOCCCCCCCNC[C@H](O)c2ccc(O)c(CO)c2)c1. The van der Waals surface area contributed by atoms with Crippen LogP contribution in [0.3, 0.4) is 0 Å². The Morgan fingerprint density at radius 2 is 1.76 bits per heavy atom. The van der Waals surface area contributed by atoms with Gasteiger partial charge in [-0.3, -0.25) is 0 Å². The molecule has 7 N–H and O–H groups in total. The van der Waals surface area contributed by atoms with Crippen LogP contribution in [-0.4, -0.2) is 47.7 Å². The minimum Gasteiger partial charge on any atom is -0.508 e. The number of aromatic hydroxyl groups is 1. The van der Waals surface area contributed by atoms with E-state index in [1.54, 1.807) is 12.1 Å². The van der Waals surface area contributed by atoms with Crippen LogP contribution in [0.1, 0.15) is 61.3 Å². The number of ether oxygens (including phenoxy) is 1. The zero-order valence-electron chi connectivity index (χ0n) is 19.8. The van der Waals surface area contributed by atoms with E-state index >= 15 is 0 Å². The number of aryl methyl sites for hydroxylation is 1. The third-order valence-corrected chi connectivity index (χ3v) is 5.59. The summed E-state index contributed by atoms with van der Waals surface area (Å²) in [5, 5.41) is 34.9. The summed E-state index contributed by atoms with van der Waals surface area (Å²) < 4.78 is 5.73. The highest BCUT2D eigenvalue weighted by molar-refractivity contribution is 5.87. The zero-order chi connectivity index (χ0) is 24.6. The lowest BCUT2D eigenvalue weighted by Gasteiger charge is -2.14. The third-order valence-electron chi connectivity index (χ3n) is 5.59. The highest BCUT2D eigenvalue weighted by Crippen LogP contribution is 2.22. The van der Waals surface area contributed by atoms with Crippen LogP contribution in [0.15, 0.2) is 42.5 Å². The second kappa shape index (κ2) is 16.1. The average molecular weight is 474 g/mol. The Labute approximate surface area is 202 Å². The number of carbonyl (C=O) groups is 1. The van der Waals surface area contributed by atoms with E-state index in [4.69, 9.17) is 10.5 Å². The zero-order valence-corrected chi connectivity index (χ0v) is 19.8. The van der Waals surface area contributed by atoms with E-state index in [-0.39, 0.29) is 12.4 Å². The number of hydrogen-bond donors (Lipinski definition) is 6. The van der Waals surface area contributed by atoms with Crippen LogP contribution in [0, 0.1) is 0 Å². The smallest absolute Gasteiger partial charge is 0.316 e. The third kappa shape index (κ3) is 11.0. The van der Waals surface area contributed by atoms with E-state index in [1.165, 1.54) is 6.07 Å². The van der Waals surface area contributed by atoms with Gasteiger partial charge in [-0.25, -0.2) is 4.79 Å². The van der Waals surface area contributed by atoms with Gasteiger partial charge in [0, 0.05) is 31.0 Å². The van der Waals surface area contributed by atoms with Crippen molar-refractivity contribution in [2.24, 2.45) is 5.73 Å². The molecule has 0 aromatic heterocycles. The van der Waals surface area contributed by atoms with Crippen molar-refractivity contribution in [1.82, 2.24) is 5.32 Å². The number of nitrogens with two attached hydrogens (primary N) is 1. The lowest BCUT2D eigenvalue weighted by molar-refractivity contribution is 0.127. The molecular formula is C26H39N3O5. The number of primary amides is 1. The van der Waals surface area contributed by atoms with Crippen LogP contribution in [0.25, 0.3) is 0 Å². The largest absolute Gasteiger partial charge is 0.508 e. The number of amides is 2. The number of aliphatic hydroxyl groups excluding tert-OH is 2. The molecule has 0 fully saturated rings. The van der Waals surface area contributed by atoms with Crippen molar-refractivity contribution in [2.45, 2.75) is 57.7 Å². The summed E-state index contributed by atoms with van der Waals surface area (Å²) in [7, 11) is 0. The molecule has 0 radical (unpaired) electrons. The van der Waals surface area contributed by atoms with Crippen molar-refractivity contribution in [2.75, 3.05) is 31.6 Å². The van der Waals surface area contributed by atoms with E-state index in [0.717, 1.165) is 70.3 Å². The minimum atomic E-state index is -0.668. The summed E-state index contributed by atoms with van der Waals surface area (Å²) >= 11 is 0. The van der Waals surface area contributed by atoms with E-state index in [1.807, 2.05) is 24.3 Å². The van der Waals surface area contributed by atoms with Crippen molar-refractivity contribution in [3.63, 3.8) is 0 Å². The normalized spacial score (nSPS) is 11.9. The van der Waals surface area contributed by atoms with Crippen LogP contribution in [0.5, 0.6) is 5.75 Å². The average Bonchev–Trinajstić information content (AvgIpc) is 2.82. The molecule has 34 heavy (non-hydrogen) atoms. The maximum atomic E-state index is 10.9. The highest BCUT2D eigenvalue weighted by Gasteiger charge is 2.09. The molecule has 0 spiro atoms. The minimum absolute atomic E-state index is 0.0403. The van der Waals surface area contributed by atoms with Crippen LogP contribution in [0.2, 0.25) is 0 Å². The molecule has 0 heterocycles. The molecule has 0 aliphatic heterocycles. The number of aliphatic hydroxyl groups is 2. The fourth-order valence-electron chi connectivity index (χ4n) is 3.71. The standard InChI is InChI=1S/C26H39N3O5/c27-26(33)29-23-10-6-8-20(16-23)9-7-15-34-14-5-3-1-2-4-13-28-18-25(32)21-11-12-24(31)22(17-21)19-30/h6,8,10-12,16-17,25,28,30-32H,1-5,7,9,13-15,18-19H2,(H3,27,29,33)/t25-/m0/s1. The summed E-state index contributed by atoms with van der Waals surface area (Å²) in [5.74, 6) is 0.0403. The topological polar surface area (TPSA) is 137 Å². The maximum Gasteiger partial charge on any atom is 0.316 e. The number of unbranched alkanes of at least 4 members (excludes halogenated alkanes) is 4. The molecular weight excluding hydrogens is 434 g/mol. The van der Waals surface area contributed by atoms with Gasteiger partial charge in [0.05, 0.1) is 12.7 Å². The van der Waals surface area contributed by atoms with Crippen molar-refractivity contribution >= 4 is 11.7 Å². The summed E-state index contributed by atoms with van der Waals surface area (Å²) in [6.07, 6.45) is 6.69. The highest BCUT2D eigenvalue weighted by atomic mass is 16.5. The molecule has 2 aromatic rings.